The van der Waals surface area contributed by atoms with E-state index in [-0.39, 0.29) is 22.6 Å². The van der Waals surface area contributed by atoms with Gasteiger partial charge in [0.2, 0.25) is 0 Å². The number of azo groups is 1. The van der Waals surface area contributed by atoms with Crippen LogP contribution < -0.4 is 5.73 Å². The van der Waals surface area contributed by atoms with Gasteiger partial charge in [-0.1, -0.05) is 20.8 Å². The number of hydrogen-bond donors (Lipinski definition) is 2. The Balaban J connectivity index is 2.45. The Bertz CT molecular complexity index is 721. The lowest BCUT2D eigenvalue weighted by atomic mass is 9.91. The number of hydrogen-bond acceptors (Lipinski definition) is 7. The highest BCUT2D eigenvalue weighted by Gasteiger charge is 2.23. The van der Waals surface area contributed by atoms with E-state index in [1.807, 2.05) is 20.8 Å². The van der Waals surface area contributed by atoms with Crippen LogP contribution in [-0.2, 0) is 17.2 Å². The highest BCUT2D eigenvalue weighted by molar-refractivity contribution is 5.93. The lowest BCUT2D eigenvalue weighted by molar-refractivity contribution is 0.0601. The molecule has 2 heterocycles. The van der Waals surface area contributed by atoms with Crippen molar-refractivity contribution >= 4 is 23.3 Å². The Kier molecular flexibility index (Phi) is 3.98. The largest absolute Gasteiger partial charge is 0.465 e. The highest BCUT2D eigenvalue weighted by atomic mass is 16.5. The number of nitrogens with two attached hydrogens (primary N) is 1. The molecule has 0 atom stereocenters. The molecule has 118 valence electrons. The molecule has 0 aliphatic rings. The van der Waals surface area contributed by atoms with E-state index in [4.69, 9.17) is 10.5 Å². The van der Waals surface area contributed by atoms with Gasteiger partial charge in [0, 0.05) is 12.5 Å². The maximum Gasteiger partial charge on any atom is 0.343 e. The van der Waals surface area contributed by atoms with Crippen LogP contribution in [0.4, 0.5) is 17.3 Å². The van der Waals surface area contributed by atoms with Gasteiger partial charge in [0.25, 0.3) is 0 Å². The number of carbonyl (C=O) groups is 1. The lowest BCUT2D eigenvalue weighted by Crippen LogP contribution is -2.11. The molecule has 0 amide bonds. The average molecular weight is 305 g/mol. The normalized spacial score (nSPS) is 12.0. The maximum absolute atomic E-state index is 11.7. The molecule has 0 saturated carbocycles. The Morgan fingerprint density at radius 2 is 2.09 bits per heavy atom. The minimum atomic E-state index is -0.529. The van der Waals surface area contributed by atoms with E-state index in [0.717, 1.165) is 5.69 Å². The monoisotopic (exact) mass is 305 g/mol. The van der Waals surface area contributed by atoms with Crippen LogP contribution in [0.1, 0.15) is 36.8 Å². The van der Waals surface area contributed by atoms with Gasteiger partial charge < -0.3 is 10.5 Å². The molecule has 0 bridgehead atoms. The quantitative estimate of drug-likeness (QED) is 0.664. The van der Waals surface area contributed by atoms with Crippen molar-refractivity contribution in [2.45, 2.75) is 26.2 Å². The predicted molar refractivity (Wildman–Crippen MR) is 80.4 cm³/mol. The summed E-state index contributed by atoms with van der Waals surface area (Å²) in [5.74, 6) is 0.000955. The summed E-state index contributed by atoms with van der Waals surface area (Å²) in [4.78, 5) is 11.7. The second-order valence-electron chi connectivity index (χ2n) is 5.78. The van der Waals surface area contributed by atoms with Crippen LogP contribution in [0, 0.1) is 0 Å². The number of aromatic nitrogens is 4. The molecule has 0 aliphatic carbocycles. The third-order valence-corrected chi connectivity index (χ3v) is 3.08. The molecule has 0 unspecified atom stereocenters. The van der Waals surface area contributed by atoms with Crippen molar-refractivity contribution in [2.75, 3.05) is 12.8 Å². The number of rotatable bonds is 3. The van der Waals surface area contributed by atoms with Gasteiger partial charge in [-0.25, -0.2) is 9.48 Å². The maximum atomic E-state index is 11.7. The number of ether oxygens (including phenoxy) is 1. The number of methoxy groups -OCH3 is 1. The van der Waals surface area contributed by atoms with E-state index in [2.05, 4.69) is 25.5 Å². The number of aryl methyl sites for hydroxylation is 1. The predicted octanol–water partition coefficient (Wildman–Crippen LogP) is 2.22. The van der Waals surface area contributed by atoms with Crippen LogP contribution >= 0.6 is 0 Å². The first-order valence-corrected chi connectivity index (χ1v) is 6.62. The summed E-state index contributed by atoms with van der Waals surface area (Å²) in [6.45, 7) is 6.01. The number of H-pyrrole nitrogens is 1. The van der Waals surface area contributed by atoms with Crippen LogP contribution in [0.3, 0.4) is 0 Å². The Morgan fingerprint density at radius 1 is 1.41 bits per heavy atom. The van der Waals surface area contributed by atoms with E-state index in [0.29, 0.717) is 5.69 Å². The minimum Gasteiger partial charge on any atom is -0.465 e. The van der Waals surface area contributed by atoms with Gasteiger partial charge in [-0.3, -0.25) is 5.10 Å². The number of esters is 1. The van der Waals surface area contributed by atoms with Crippen molar-refractivity contribution in [3.05, 3.63) is 17.5 Å². The number of nitrogens with one attached hydrogen (secondary N) is 1. The zero-order valence-electron chi connectivity index (χ0n) is 13.2. The van der Waals surface area contributed by atoms with Gasteiger partial charge in [-0.05, 0) is 0 Å². The van der Waals surface area contributed by atoms with E-state index in [1.54, 1.807) is 7.05 Å². The van der Waals surface area contributed by atoms with E-state index in [1.165, 1.54) is 18.0 Å². The SMILES string of the molecule is COC(=O)c1cnn(C)c1N=Nc1c(N)n[nH]c1C(C)(C)C. The molecule has 0 spiro atoms. The Labute approximate surface area is 127 Å². The number of nitrogens with zero attached hydrogens (tertiary/aromatic N) is 5. The molecule has 0 saturated heterocycles. The molecule has 22 heavy (non-hydrogen) atoms. The standard InChI is InChI=1S/C13H19N7O2/c1-13(2,3)9-8(10(14)18-17-9)16-19-11-7(12(21)22-5)6-15-20(11)4/h6H,1-5H3,(H3,14,17,18). The van der Waals surface area contributed by atoms with Gasteiger partial charge >= 0.3 is 5.97 Å². The van der Waals surface area contributed by atoms with Gasteiger partial charge in [-0.2, -0.15) is 10.2 Å². The Hall–Kier alpha value is -2.71. The summed E-state index contributed by atoms with van der Waals surface area (Å²) < 4.78 is 6.13. The molecule has 0 radical (unpaired) electrons. The fourth-order valence-corrected chi connectivity index (χ4v) is 1.88. The first kappa shape index (κ1) is 15.7. The molecule has 2 aromatic rings. The van der Waals surface area contributed by atoms with Gasteiger partial charge in [0.1, 0.15) is 5.56 Å². The second-order valence-corrected chi connectivity index (χ2v) is 5.78. The van der Waals surface area contributed by atoms with Crippen LogP contribution in [0.25, 0.3) is 0 Å². The minimum absolute atomic E-state index is 0.226. The Morgan fingerprint density at radius 3 is 2.68 bits per heavy atom. The van der Waals surface area contributed by atoms with Gasteiger partial charge in [0.15, 0.2) is 17.3 Å². The van der Waals surface area contributed by atoms with Crippen molar-refractivity contribution in [1.82, 2.24) is 20.0 Å². The fourth-order valence-electron chi connectivity index (χ4n) is 1.88. The van der Waals surface area contributed by atoms with Gasteiger partial charge in [0.05, 0.1) is 19.0 Å². The van der Waals surface area contributed by atoms with Crippen molar-refractivity contribution in [3.63, 3.8) is 0 Å². The highest BCUT2D eigenvalue weighted by Crippen LogP contribution is 2.35. The summed E-state index contributed by atoms with van der Waals surface area (Å²) in [7, 11) is 2.95. The van der Waals surface area contributed by atoms with E-state index in [9.17, 15) is 4.79 Å². The number of carbonyl (C=O) groups excluding carboxylic acids is 1. The molecule has 3 N–H and O–H groups in total. The molecule has 2 aromatic heterocycles. The molecule has 2 rings (SSSR count). The van der Waals surface area contributed by atoms with Crippen molar-refractivity contribution in [2.24, 2.45) is 17.3 Å². The summed E-state index contributed by atoms with van der Waals surface area (Å²) >= 11 is 0. The molecule has 9 heteroatoms. The van der Waals surface area contributed by atoms with Crippen molar-refractivity contribution in [1.29, 1.82) is 0 Å². The number of nitrogen functional groups attached to an aromatic ring is 1. The van der Waals surface area contributed by atoms with Gasteiger partial charge in [-0.15, -0.1) is 10.2 Å². The molecule has 0 aliphatic heterocycles. The third kappa shape index (κ3) is 2.83. The molecule has 9 nitrogen and oxygen atoms in total. The van der Waals surface area contributed by atoms with E-state index >= 15 is 0 Å². The summed E-state index contributed by atoms with van der Waals surface area (Å²) in [6.07, 6.45) is 1.38. The first-order chi connectivity index (χ1) is 10.3. The zero-order valence-corrected chi connectivity index (χ0v) is 13.2. The first-order valence-electron chi connectivity index (χ1n) is 6.62. The summed E-state index contributed by atoms with van der Waals surface area (Å²) in [5, 5.41) is 19.1. The van der Waals surface area contributed by atoms with Crippen LogP contribution in [0.15, 0.2) is 16.4 Å². The number of aromatic amines is 1. The number of anilines is 1. The topological polar surface area (TPSA) is 124 Å². The summed E-state index contributed by atoms with van der Waals surface area (Å²) in [5.41, 5.74) is 7.04. The molecular formula is C13H19N7O2. The van der Waals surface area contributed by atoms with Crippen LogP contribution in [0.5, 0.6) is 0 Å². The van der Waals surface area contributed by atoms with Crippen molar-refractivity contribution < 1.29 is 9.53 Å². The smallest absolute Gasteiger partial charge is 0.343 e. The fraction of sp³-hybridized carbons (Fsp3) is 0.462. The molecule has 0 fully saturated rings. The molecule has 0 aromatic carbocycles. The third-order valence-electron chi connectivity index (χ3n) is 3.08. The van der Waals surface area contributed by atoms with Crippen LogP contribution in [-0.4, -0.2) is 33.1 Å². The zero-order chi connectivity index (χ0) is 16.5. The van der Waals surface area contributed by atoms with Crippen molar-refractivity contribution in [3.8, 4) is 0 Å². The summed E-state index contributed by atoms with van der Waals surface area (Å²) in [6, 6.07) is 0. The lowest BCUT2D eigenvalue weighted by Gasteiger charge is -2.16. The van der Waals surface area contributed by atoms with E-state index < -0.39 is 5.97 Å². The second kappa shape index (κ2) is 5.58. The molecular weight excluding hydrogens is 286 g/mol. The van der Waals surface area contributed by atoms with Crippen LogP contribution in [0.2, 0.25) is 0 Å². The average Bonchev–Trinajstić information content (AvgIpc) is 2.99.